The van der Waals surface area contributed by atoms with Crippen LogP contribution in [0.5, 0.6) is 0 Å². The number of benzene rings is 1. The molecule has 0 radical (unpaired) electrons. The lowest BCUT2D eigenvalue weighted by molar-refractivity contribution is 0.623. The Hall–Kier alpha value is 0.340. The van der Waals surface area contributed by atoms with E-state index >= 15 is 0 Å². The van der Waals surface area contributed by atoms with E-state index in [4.69, 9.17) is 11.6 Å². The van der Waals surface area contributed by atoms with E-state index in [1.807, 2.05) is 17.8 Å². The van der Waals surface area contributed by atoms with Crippen LogP contribution >= 0.6 is 39.3 Å². The average Bonchev–Trinajstić information content (AvgIpc) is 2.74. The fourth-order valence-electron chi connectivity index (χ4n) is 2.15. The Labute approximate surface area is 115 Å². The molecule has 0 spiro atoms. The molecule has 0 aromatic heterocycles. The zero-order chi connectivity index (χ0) is 11.4. The third kappa shape index (κ3) is 3.68. The summed E-state index contributed by atoms with van der Waals surface area (Å²) in [5, 5.41) is 0.883. The summed E-state index contributed by atoms with van der Waals surface area (Å²) in [5.41, 5.74) is 1.26. The summed E-state index contributed by atoms with van der Waals surface area (Å²) in [6.07, 6.45) is 5.73. The highest BCUT2D eigenvalue weighted by Crippen LogP contribution is 2.30. The van der Waals surface area contributed by atoms with Crippen molar-refractivity contribution in [2.45, 2.75) is 31.4 Å². The molecule has 0 unspecified atom stereocenters. The van der Waals surface area contributed by atoms with E-state index in [0.29, 0.717) is 0 Å². The molecule has 0 nitrogen and oxygen atoms in total. The van der Waals surface area contributed by atoms with E-state index < -0.39 is 0 Å². The Bertz CT molecular complexity index is 348. The molecule has 1 aliphatic rings. The molecule has 0 N–H and O–H groups in total. The Morgan fingerprint density at radius 3 is 2.75 bits per heavy atom. The van der Waals surface area contributed by atoms with Crippen molar-refractivity contribution in [1.82, 2.24) is 0 Å². The fourth-order valence-corrected chi connectivity index (χ4v) is 4.23. The SMILES string of the molecule is Clc1cc(Br)ccc1CSCC1CCCC1. The van der Waals surface area contributed by atoms with E-state index in [2.05, 4.69) is 28.1 Å². The highest BCUT2D eigenvalue weighted by Gasteiger charge is 2.14. The monoisotopic (exact) mass is 318 g/mol. The minimum absolute atomic E-state index is 0.883. The number of halogens is 2. The molecule has 0 aliphatic heterocycles. The predicted octanol–water partition coefficient (Wildman–Crippen LogP) is 5.53. The summed E-state index contributed by atoms with van der Waals surface area (Å²) < 4.78 is 1.06. The normalized spacial score (nSPS) is 16.9. The number of rotatable bonds is 4. The smallest absolute Gasteiger partial charge is 0.0457 e. The van der Waals surface area contributed by atoms with Crippen LogP contribution in [0.1, 0.15) is 31.2 Å². The molecule has 0 amide bonds. The van der Waals surface area contributed by atoms with E-state index in [1.54, 1.807) is 0 Å². The van der Waals surface area contributed by atoms with Crippen LogP contribution in [0.4, 0.5) is 0 Å². The summed E-state index contributed by atoms with van der Waals surface area (Å²) in [6.45, 7) is 0. The minimum Gasteiger partial charge on any atom is -0.157 e. The van der Waals surface area contributed by atoms with Gasteiger partial charge in [-0.05, 0) is 42.2 Å². The number of hydrogen-bond donors (Lipinski definition) is 0. The van der Waals surface area contributed by atoms with Gasteiger partial charge in [0.1, 0.15) is 0 Å². The second-order valence-electron chi connectivity index (χ2n) is 4.40. The van der Waals surface area contributed by atoms with Crippen molar-refractivity contribution in [3.63, 3.8) is 0 Å². The van der Waals surface area contributed by atoms with Crippen molar-refractivity contribution in [2.75, 3.05) is 5.75 Å². The van der Waals surface area contributed by atoms with Gasteiger partial charge in [-0.3, -0.25) is 0 Å². The maximum atomic E-state index is 6.18. The van der Waals surface area contributed by atoms with Gasteiger partial charge in [-0.2, -0.15) is 11.8 Å². The summed E-state index contributed by atoms with van der Waals surface area (Å²) in [6, 6.07) is 6.17. The summed E-state index contributed by atoms with van der Waals surface area (Å²) >= 11 is 11.6. The molecular formula is C13H16BrClS. The molecule has 0 bridgehead atoms. The second kappa shape index (κ2) is 6.32. The third-order valence-electron chi connectivity index (χ3n) is 3.10. The minimum atomic E-state index is 0.883. The van der Waals surface area contributed by atoms with Crippen LogP contribution in [0.25, 0.3) is 0 Å². The molecule has 88 valence electrons. The first-order valence-corrected chi connectivity index (χ1v) is 8.10. The van der Waals surface area contributed by atoms with Gasteiger partial charge < -0.3 is 0 Å². The molecule has 1 aliphatic carbocycles. The summed E-state index contributed by atoms with van der Waals surface area (Å²) in [5.74, 6) is 3.30. The lowest BCUT2D eigenvalue weighted by Crippen LogP contribution is -1.97. The van der Waals surface area contributed by atoms with Gasteiger partial charge in [0.2, 0.25) is 0 Å². The highest BCUT2D eigenvalue weighted by atomic mass is 79.9. The van der Waals surface area contributed by atoms with E-state index in [9.17, 15) is 0 Å². The first kappa shape index (κ1) is 12.8. The third-order valence-corrected chi connectivity index (χ3v) is 5.17. The Morgan fingerprint density at radius 1 is 1.31 bits per heavy atom. The van der Waals surface area contributed by atoms with Crippen molar-refractivity contribution in [2.24, 2.45) is 5.92 Å². The van der Waals surface area contributed by atoms with Gasteiger partial charge in [-0.25, -0.2) is 0 Å². The maximum Gasteiger partial charge on any atom is 0.0457 e. The molecule has 16 heavy (non-hydrogen) atoms. The molecule has 1 aromatic carbocycles. The Morgan fingerprint density at radius 2 is 2.06 bits per heavy atom. The zero-order valence-electron chi connectivity index (χ0n) is 9.22. The van der Waals surface area contributed by atoms with Gasteiger partial charge in [0.25, 0.3) is 0 Å². The standard InChI is InChI=1S/C13H16BrClS/c14-12-6-5-11(13(15)7-12)9-16-8-10-3-1-2-4-10/h5-7,10H,1-4,8-9H2. The van der Waals surface area contributed by atoms with Gasteiger partial charge in [0.15, 0.2) is 0 Å². The van der Waals surface area contributed by atoms with Crippen LogP contribution in [0.3, 0.4) is 0 Å². The second-order valence-corrected chi connectivity index (χ2v) is 6.75. The van der Waals surface area contributed by atoms with Crippen molar-refractivity contribution in [1.29, 1.82) is 0 Å². The molecule has 0 saturated heterocycles. The average molecular weight is 320 g/mol. The van der Waals surface area contributed by atoms with Crippen LogP contribution in [-0.2, 0) is 5.75 Å². The van der Waals surface area contributed by atoms with Crippen molar-refractivity contribution in [3.8, 4) is 0 Å². The van der Waals surface area contributed by atoms with E-state index in [1.165, 1.54) is 37.0 Å². The molecule has 3 heteroatoms. The van der Waals surface area contributed by atoms with E-state index in [0.717, 1.165) is 21.2 Å². The molecule has 0 atom stereocenters. The quantitative estimate of drug-likeness (QED) is 0.703. The van der Waals surface area contributed by atoms with Crippen LogP contribution < -0.4 is 0 Å². The first-order valence-electron chi connectivity index (χ1n) is 5.77. The van der Waals surface area contributed by atoms with Crippen molar-refractivity contribution >= 4 is 39.3 Å². The Balaban J connectivity index is 1.80. The van der Waals surface area contributed by atoms with Gasteiger partial charge in [0, 0.05) is 15.2 Å². The first-order chi connectivity index (χ1) is 7.75. The maximum absolute atomic E-state index is 6.18. The molecule has 1 saturated carbocycles. The van der Waals surface area contributed by atoms with E-state index in [-0.39, 0.29) is 0 Å². The summed E-state index contributed by atoms with van der Waals surface area (Å²) in [4.78, 5) is 0. The van der Waals surface area contributed by atoms with Crippen LogP contribution in [-0.4, -0.2) is 5.75 Å². The van der Waals surface area contributed by atoms with Crippen molar-refractivity contribution in [3.05, 3.63) is 33.3 Å². The topological polar surface area (TPSA) is 0 Å². The number of hydrogen-bond acceptors (Lipinski definition) is 1. The molecule has 2 rings (SSSR count). The largest absolute Gasteiger partial charge is 0.157 e. The zero-order valence-corrected chi connectivity index (χ0v) is 12.4. The van der Waals surface area contributed by atoms with Gasteiger partial charge in [0.05, 0.1) is 0 Å². The van der Waals surface area contributed by atoms with Crippen LogP contribution in [0.2, 0.25) is 5.02 Å². The lowest BCUT2D eigenvalue weighted by atomic mass is 10.1. The lowest BCUT2D eigenvalue weighted by Gasteiger charge is -2.09. The van der Waals surface area contributed by atoms with Crippen LogP contribution in [0.15, 0.2) is 22.7 Å². The van der Waals surface area contributed by atoms with Gasteiger partial charge in [-0.15, -0.1) is 0 Å². The van der Waals surface area contributed by atoms with Gasteiger partial charge >= 0.3 is 0 Å². The molecule has 0 heterocycles. The molecule has 1 aromatic rings. The summed E-state index contributed by atoms with van der Waals surface area (Å²) in [7, 11) is 0. The number of thioether (sulfide) groups is 1. The Kier molecular flexibility index (Phi) is 5.05. The van der Waals surface area contributed by atoms with Crippen LogP contribution in [0, 0.1) is 5.92 Å². The fraction of sp³-hybridized carbons (Fsp3) is 0.538. The predicted molar refractivity (Wildman–Crippen MR) is 77.3 cm³/mol. The molecule has 1 fully saturated rings. The van der Waals surface area contributed by atoms with Crippen molar-refractivity contribution < 1.29 is 0 Å². The highest BCUT2D eigenvalue weighted by molar-refractivity contribution is 9.10. The van der Waals surface area contributed by atoms with Gasteiger partial charge in [-0.1, -0.05) is 46.4 Å². The molecular weight excluding hydrogens is 304 g/mol.